The molecule has 6 nitrogen and oxygen atoms in total. The van der Waals surface area contributed by atoms with Gasteiger partial charge in [-0.2, -0.15) is 18.4 Å². The van der Waals surface area contributed by atoms with Crippen molar-refractivity contribution in [1.82, 2.24) is 14.6 Å². The van der Waals surface area contributed by atoms with Gasteiger partial charge in [0, 0.05) is 30.8 Å². The van der Waals surface area contributed by atoms with Crippen LogP contribution in [0, 0.1) is 11.3 Å². The van der Waals surface area contributed by atoms with Crippen LogP contribution in [0.5, 0.6) is 0 Å². The Hall–Kier alpha value is -3.41. The van der Waals surface area contributed by atoms with Crippen LogP contribution >= 0.6 is 0 Å². The molecule has 0 spiro atoms. The van der Waals surface area contributed by atoms with Crippen LogP contribution < -0.4 is 4.90 Å². The molecule has 30 heavy (non-hydrogen) atoms. The van der Waals surface area contributed by atoms with E-state index < -0.39 is 11.7 Å². The van der Waals surface area contributed by atoms with Crippen LogP contribution in [0.3, 0.4) is 0 Å². The van der Waals surface area contributed by atoms with Gasteiger partial charge in [-0.1, -0.05) is 0 Å². The predicted molar refractivity (Wildman–Crippen MR) is 103 cm³/mol. The largest absolute Gasteiger partial charge is 0.417 e. The molecular weight excluding hydrogens is 395 g/mol. The van der Waals surface area contributed by atoms with E-state index in [4.69, 9.17) is 0 Å². The number of ketones is 1. The standard InChI is InChI=1S/C21H18F3N5O/c1-13(30)14-4-5-15(10-25)18(9-14)28-8-2-3-16(11-28)20-27-26-19-7-6-17(12-29(19)20)21(22,23)24/h4-7,9,12,16H,2-3,8,11H2,1H3. The highest BCUT2D eigenvalue weighted by atomic mass is 19.4. The van der Waals surface area contributed by atoms with Crippen LogP contribution in [0.2, 0.25) is 0 Å². The molecule has 1 saturated heterocycles. The van der Waals surface area contributed by atoms with E-state index in [1.165, 1.54) is 17.4 Å². The molecule has 2 aromatic heterocycles. The number of Topliss-reactive ketones (excluding diaryl/α,β-unsaturated/α-hetero) is 1. The van der Waals surface area contributed by atoms with Crippen LogP contribution in [0.1, 0.15) is 53.0 Å². The number of anilines is 1. The van der Waals surface area contributed by atoms with Crippen LogP contribution in [0.15, 0.2) is 36.5 Å². The quantitative estimate of drug-likeness (QED) is 0.602. The number of carbonyl (C=O) groups excluding carboxylic acids is 1. The highest BCUT2D eigenvalue weighted by molar-refractivity contribution is 5.95. The van der Waals surface area contributed by atoms with Crippen molar-refractivity contribution in [2.45, 2.75) is 31.9 Å². The minimum Gasteiger partial charge on any atom is -0.370 e. The molecule has 3 aromatic rings. The molecular formula is C21H18F3N5O. The van der Waals surface area contributed by atoms with Gasteiger partial charge in [0.25, 0.3) is 0 Å². The molecule has 0 saturated carbocycles. The Labute approximate surface area is 170 Å². The normalized spacial score (nSPS) is 17.2. The lowest BCUT2D eigenvalue weighted by Gasteiger charge is -2.34. The molecule has 1 aliphatic rings. The number of halogens is 3. The average molecular weight is 413 g/mol. The van der Waals surface area contributed by atoms with Gasteiger partial charge in [0.2, 0.25) is 0 Å². The smallest absolute Gasteiger partial charge is 0.370 e. The first-order valence-corrected chi connectivity index (χ1v) is 9.50. The number of nitriles is 1. The topological polar surface area (TPSA) is 74.3 Å². The molecule has 154 valence electrons. The Morgan fingerprint density at radius 2 is 2.03 bits per heavy atom. The highest BCUT2D eigenvalue weighted by Gasteiger charge is 2.32. The van der Waals surface area contributed by atoms with Crippen LogP contribution in [-0.4, -0.2) is 33.5 Å². The number of hydrogen-bond donors (Lipinski definition) is 0. The van der Waals surface area contributed by atoms with Gasteiger partial charge in [0.1, 0.15) is 11.9 Å². The Morgan fingerprint density at radius 1 is 1.23 bits per heavy atom. The van der Waals surface area contributed by atoms with E-state index in [-0.39, 0.29) is 11.7 Å². The molecule has 0 aliphatic carbocycles. The molecule has 1 fully saturated rings. The summed E-state index contributed by atoms with van der Waals surface area (Å²) < 4.78 is 40.8. The number of piperidine rings is 1. The summed E-state index contributed by atoms with van der Waals surface area (Å²) in [5.41, 5.74) is 1.20. The number of fused-ring (bicyclic) bond motifs is 1. The van der Waals surface area contributed by atoms with Crippen molar-refractivity contribution in [3.63, 3.8) is 0 Å². The lowest BCUT2D eigenvalue weighted by atomic mass is 9.95. The van der Waals surface area contributed by atoms with E-state index >= 15 is 0 Å². The first kappa shape index (κ1) is 19.9. The van der Waals surface area contributed by atoms with E-state index in [0.717, 1.165) is 25.1 Å². The third-order valence-electron chi connectivity index (χ3n) is 5.41. The summed E-state index contributed by atoms with van der Waals surface area (Å²) in [6, 6.07) is 9.40. The second-order valence-electron chi connectivity index (χ2n) is 7.39. The Balaban J connectivity index is 1.70. The van der Waals surface area contributed by atoms with Crippen LogP contribution in [0.4, 0.5) is 18.9 Å². The predicted octanol–water partition coefficient (Wildman–Crippen LogP) is 4.21. The van der Waals surface area contributed by atoms with Crippen molar-refractivity contribution in [2.75, 3.05) is 18.0 Å². The average Bonchev–Trinajstić information content (AvgIpc) is 3.16. The fraction of sp³-hybridized carbons (Fsp3) is 0.333. The fourth-order valence-electron chi connectivity index (χ4n) is 3.87. The van der Waals surface area contributed by atoms with Crippen LogP contribution in [0.25, 0.3) is 5.65 Å². The Kier molecular flexibility index (Phi) is 4.94. The van der Waals surface area contributed by atoms with Gasteiger partial charge in [-0.25, -0.2) is 0 Å². The van der Waals surface area contributed by atoms with Gasteiger partial charge >= 0.3 is 6.18 Å². The Morgan fingerprint density at radius 3 is 2.73 bits per heavy atom. The number of carbonyl (C=O) groups is 1. The number of alkyl halides is 3. The van der Waals surface area contributed by atoms with Crippen molar-refractivity contribution in [3.05, 3.63) is 59.0 Å². The Bertz CT molecular complexity index is 1160. The molecule has 9 heteroatoms. The first-order chi connectivity index (χ1) is 14.3. The molecule has 0 radical (unpaired) electrons. The van der Waals surface area contributed by atoms with E-state index in [1.54, 1.807) is 18.2 Å². The molecule has 0 amide bonds. The lowest BCUT2D eigenvalue weighted by Crippen LogP contribution is -2.35. The number of benzene rings is 1. The number of hydrogen-bond acceptors (Lipinski definition) is 5. The van der Waals surface area contributed by atoms with Crippen LogP contribution in [-0.2, 0) is 6.18 Å². The summed E-state index contributed by atoms with van der Waals surface area (Å²) in [6.45, 7) is 2.61. The van der Waals surface area contributed by atoms with E-state index in [0.29, 0.717) is 41.4 Å². The van der Waals surface area contributed by atoms with Crippen molar-refractivity contribution >= 4 is 17.1 Å². The summed E-state index contributed by atoms with van der Waals surface area (Å²) in [4.78, 5) is 13.8. The zero-order chi connectivity index (χ0) is 21.5. The third-order valence-corrected chi connectivity index (χ3v) is 5.41. The maximum Gasteiger partial charge on any atom is 0.417 e. The second-order valence-corrected chi connectivity index (χ2v) is 7.39. The van der Waals surface area contributed by atoms with Gasteiger partial charge in [-0.15, -0.1) is 10.2 Å². The minimum absolute atomic E-state index is 0.0996. The number of rotatable bonds is 3. The van der Waals surface area contributed by atoms with Crippen molar-refractivity contribution in [1.29, 1.82) is 5.26 Å². The molecule has 0 bridgehead atoms. The van der Waals surface area contributed by atoms with E-state index in [2.05, 4.69) is 16.3 Å². The summed E-state index contributed by atoms with van der Waals surface area (Å²) >= 11 is 0. The van der Waals surface area contributed by atoms with Gasteiger partial charge in [0.05, 0.1) is 16.8 Å². The third kappa shape index (κ3) is 3.61. The summed E-state index contributed by atoms with van der Waals surface area (Å²) in [5.74, 6) is 0.198. The maximum atomic E-state index is 13.1. The maximum absolute atomic E-state index is 13.1. The zero-order valence-corrected chi connectivity index (χ0v) is 16.1. The second kappa shape index (κ2) is 7.44. The minimum atomic E-state index is -4.46. The molecule has 1 aromatic carbocycles. The molecule has 1 unspecified atom stereocenters. The van der Waals surface area contributed by atoms with Crippen molar-refractivity contribution in [2.24, 2.45) is 0 Å². The van der Waals surface area contributed by atoms with Gasteiger partial charge in [-0.05, 0) is 50.1 Å². The summed E-state index contributed by atoms with van der Waals surface area (Å²) in [5, 5.41) is 17.7. The van der Waals surface area contributed by atoms with Gasteiger partial charge in [0.15, 0.2) is 11.4 Å². The molecule has 1 aliphatic heterocycles. The molecule has 0 N–H and O–H groups in total. The van der Waals surface area contributed by atoms with E-state index in [1.807, 2.05) is 4.90 Å². The highest BCUT2D eigenvalue weighted by Crippen LogP contribution is 2.33. The van der Waals surface area contributed by atoms with Gasteiger partial charge in [-0.3, -0.25) is 9.20 Å². The number of pyridine rings is 1. The summed E-state index contributed by atoms with van der Waals surface area (Å²) in [6.07, 6.45) is -1.92. The monoisotopic (exact) mass is 413 g/mol. The number of aromatic nitrogens is 3. The molecule has 1 atom stereocenters. The van der Waals surface area contributed by atoms with Gasteiger partial charge < -0.3 is 4.90 Å². The SMILES string of the molecule is CC(=O)c1ccc(C#N)c(N2CCCC(c3nnc4ccc(C(F)(F)F)cn34)C2)c1. The fourth-order valence-corrected chi connectivity index (χ4v) is 3.87. The lowest BCUT2D eigenvalue weighted by molar-refractivity contribution is -0.137. The zero-order valence-electron chi connectivity index (χ0n) is 16.1. The summed E-state index contributed by atoms with van der Waals surface area (Å²) in [7, 11) is 0. The number of nitrogens with zero attached hydrogens (tertiary/aromatic N) is 5. The van der Waals surface area contributed by atoms with Crippen molar-refractivity contribution in [3.8, 4) is 6.07 Å². The first-order valence-electron chi connectivity index (χ1n) is 9.50. The molecule has 3 heterocycles. The molecule has 4 rings (SSSR count). The van der Waals surface area contributed by atoms with Crippen molar-refractivity contribution < 1.29 is 18.0 Å². The van der Waals surface area contributed by atoms with E-state index in [9.17, 15) is 23.2 Å².